The van der Waals surface area contributed by atoms with Crippen molar-refractivity contribution >= 4 is 77.0 Å². The van der Waals surface area contributed by atoms with Gasteiger partial charge in [-0.1, -0.05) is 27.7 Å². The number of nitrogens with one attached hydrogen (secondary N) is 10. The van der Waals surface area contributed by atoms with Crippen molar-refractivity contribution in [1.29, 1.82) is 0 Å². The molecule has 0 bridgehead atoms. The number of rotatable bonds is 40. The molecule has 33 nitrogen and oxygen atoms in total. The lowest BCUT2D eigenvalue weighted by molar-refractivity contribution is -0.139. The second-order valence-electron chi connectivity index (χ2n) is 20.3. The number of carboxylic acid groups (broad SMARTS) is 1. The average molecular weight is 1170 g/mol. The van der Waals surface area contributed by atoms with Gasteiger partial charge in [-0.3, -0.25) is 62.7 Å². The molecule has 1 aromatic heterocycles. The highest BCUT2D eigenvalue weighted by molar-refractivity contribution is 5.99. The molecular weight excluding hydrogens is 1080 g/mol. The van der Waals surface area contributed by atoms with Crippen molar-refractivity contribution in [2.24, 2.45) is 62.0 Å². The smallest absolute Gasteiger partial charge is 0.303 e. The number of carbonyl (C=O) groups is 11. The van der Waals surface area contributed by atoms with Crippen LogP contribution in [0.15, 0.2) is 22.5 Å². The number of aromatic amines is 1. The molecule has 0 fully saturated rings. The first-order valence-corrected chi connectivity index (χ1v) is 26.9. The standard InChI is InChI=1S/C49H88N20O13/c1-24(2)19-33(45(80)65-31(13-10-18-59-49(55)56)42(77)64-29(11-7-8-16-50)43(78)68-35(22-70)38(52)73)66-46(81)34(20-28-21-57-23-60-28)67-47(82)37(25(3)4)69-44(79)32(14-15-36(71)72)63-40(75)27(6)61-41(76)30(62-39(74)26(5)51)12-9-17-58-48(53)54/h21,23-27,29-35,37,70H,7-20,22,50-51H2,1-6H3,(H2,52,73)(H,57,60)(H,61,76)(H,62,74)(H,63,75)(H,64,77)(H,65,80)(H,66,81)(H,67,82)(H,68,78)(H,69,79)(H,71,72)(H4,53,54,58)(H4,55,56,59)/t26-,27-,29-,30-,31-,32-,33-,34-,35-,37-/m0/s1. The Morgan fingerprint density at radius 1 is 0.549 bits per heavy atom. The van der Waals surface area contributed by atoms with Crippen LogP contribution in [0.25, 0.3) is 0 Å². The summed E-state index contributed by atoms with van der Waals surface area (Å²) in [5, 5.41) is 41.9. The summed E-state index contributed by atoms with van der Waals surface area (Å²) in [5.74, 6) is -11.6. The van der Waals surface area contributed by atoms with Crippen LogP contribution in [0, 0.1) is 11.8 Å². The monoisotopic (exact) mass is 1160 g/mol. The summed E-state index contributed by atoms with van der Waals surface area (Å²) in [6.45, 7) is 8.87. The molecule has 0 aliphatic heterocycles. The molecule has 10 atom stereocenters. The van der Waals surface area contributed by atoms with Gasteiger partial charge >= 0.3 is 5.97 Å². The maximum Gasteiger partial charge on any atom is 0.303 e. The van der Waals surface area contributed by atoms with Crippen LogP contribution < -0.4 is 88.0 Å². The molecule has 1 aromatic rings. The number of hydrogen-bond acceptors (Lipinski definition) is 17. The highest BCUT2D eigenvalue weighted by atomic mass is 16.4. The molecule has 26 N–H and O–H groups in total. The summed E-state index contributed by atoms with van der Waals surface area (Å²) in [5.41, 5.74) is 38.7. The average Bonchev–Trinajstić information content (AvgIpc) is 3.92. The Hall–Kier alpha value is -8.20. The highest BCUT2D eigenvalue weighted by Gasteiger charge is 2.36. The topological polar surface area (TPSA) is 572 Å². The van der Waals surface area contributed by atoms with Gasteiger partial charge < -0.3 is 103 Å². The molecular formula is C49H88N20O13. The SMILES string of the molecule is CC(C)C[C@H](NC(=O)[C@H](Cc1cnc[nH]1)NC(=O)[C@@H](NC(=O)[C@H](CCC(=O)O)NC(=O)[C@H](C)NC(=O)[C@H](CCCN=C(N)N)NC(=O)[C@H](C)N)C(C)C)C(=O)N[C@@H](CCCN=C(N)N)C(=O)N[C@@H](CCCCN)C(=O)N[C@@H](CO)C(N)=O. The number of aliphatic hydroxyl groups is 1. The maximum absolute atomic E-state index is 14.4. The van der Waals surface area contributed by atoms with Gasteiger partial charge in [-0.05, 0) is 90.0 Å². The van der Waals surface area contributed by atoms with E-state index in [-0.39, 0.29) is 82.4 Å². The van der Waals surface area contributed by atoms with Gasteiger partial charge in [0.2, 0.25) is 59.1 Å². The number of carbonyl (C=O) groups excluding carboxylic acids is 10. The van der Waals surface area contributed by atoms with E-state index in [1.165, 1.54) is 26.4 Å². The van der Waals surface area contributed by atoms with Gasteiger partial charge in [0.1, 0.15) is 54.4 Å². The third-order valence-corrected chi connectivity index (χ3v) is 12.2. The van der Waals surface area contributed by atoms with Crippen molar-refractivity contribution in [2.75, 3.05) is 26.2 Å². The Morgan fingerprint density at radius 2 is 0.988 bits per heavy atom. The number of primary amides is 1. The molecule has 1 rings (SSSR count). The zero-order valence-electron chi connectivity index (χ0n) is 47.5. The third-order valence-electron chi connectivity index (χ3n) is 12.2. The molecule has 82 heavy (non-hydrogen) atoms. The summed E-state index contributed by atoms with van der Waals surface area (Å²) < 4.78 is 0. The molecule has 0 unspecified atom stereocenters. The first-order valence-electron chi connectivity index (χ1n) is 26.9. The molecule has 0 aliphatic rings. The van der Waals surface area contributed by atoms with E-state index >= 15 is 0 Å². The zero-order valence-corrected chi connectivity index (χ0v) is 47.5. The first kappa shape index (κ1) is 71.8. The fraction of sp³-hybridized carbons (Fsp3) is 0.673. The second kappa shape index (κ2) is 37.7. The van der Waals surface area contributed by atoms with Crippen LogP contribution in [0.3, 0.4) is 0 Å². The number of aliphatic imine (C=N–C) groups is 2. The van der Waals surface area contributed by atoms with E-state index in [4.69, 9.17) is 40.1 Å². The molecule has 10 amide bonds. The molecule has 0 aliphatic carbocycles. The second-order valence-corrected chi connectivity index (χ2v) is 20.3. The molecule has 1 heterocycles. The number of H-pyrrole nitrogens is 1. The largest absolute Gasteiger partial charge is 0.481 e. The van der Waals surface area contributed by atoms with Crippen molar-refractivity contribution in [2.45, 2.75) is 173 Å². The molecule has 462 valence electrons. The normalized spacial score (nSPS) is 14.7. The fourth-order valence-corrected chi connectivity index (χ4v) is 7.70. The number of nitrogens with two attached hydrogens (primary N) is 7. The summed E-state index contributed by atoms with van der Waals surface area (Å²) in [4.78, 5) is 162. The van der Waals surface area contributed by atoms with E-state index in [1.807, 2.05) is 0 Å². The summed E-state index contributed by atoms with van der Waals surface area (Å²) in [6, 6.07) is -13.6. The molecule has 33 heteroatoms. The van der Waals surface area contributed by atoms with Crippen LogP contribution in [0.5, 0.6) is 0 Å². The van der Waals surface area contributed by atoms with Crippen LogP contribution in [-0.2, 0) is 59.2 Å². The molecule has 0 saturated heterocycles. The lowest BCUT2D eigenvalue weighted by atomic mass is 9.99. The Balaban J connectivity index is 3.54. The number of imidazole rings is 1. The van der Waals surface area contributed by atoms with Gasteiger partial charge in [0, 0.05) is 37.8 Å². The number of amides is 10. The quantitative estimate of drug-likeness (QED) is 0.0165. The molecule has 0 saturated carbocycles. The predicted octanol–water partition coefficient (Wildman–Crippen LogP) is -7.04. The van der Waals surface area contributed by atoms with Crippen LogP contribution >= 0.6 is 0 Å². The molecule has 0 radical (unpaired) electrons. The maximum atomic E-state index is 14.4. The van der Waals surface area contributed by atoms with Gasteiger partial charge in [0.25, 0.3) is 0 Å². The Bertz CT molecular complexity index is 2330. The van der Waals surface area contributed by atoms with Crippen molar-refractivity contribution in [3.8, 4) is 0 Å². The summed E-state index contributed by atoms with van der Waals surface area (Å²) in [7, 11) is 0. The Kier molecular flexibility index (Phi) is 33.0. The Labute approximate surface area is 475 Å². The van der Waals surface area contributed by atoms with E-state index in [9.17, 15) is 63.0 Å². The van der Waals surface area contributed by atoms with Crippen molar-refractivity contribution in [3.05, 3.63) is 18.2 Å². The lowest BCUT2D eigenvalue weighted by Gasteiger charge is -2.29. The van der Waals surface area contributed by atoms with Crippen LogP contribution in [0.4, 0.5) is 0 Å². The number of unbranched alkanes of at least 4 members (excludes halogenated alkanes) is 1. The van der Waals surface area contributed by atoms with E-state index < -0.39 is 151 Å². The molecule has 0 aromatic carbocycles. The van der Waals surface area contributed by atoms with Crippen LogP contribution in [-0.4, -0.2) is 184 Å². The van der Waals surface area contributed by atoms with Crippen molar-refractivity contribution in [3.63, 3.8) is 0 Å². The lowest BCUT2D eigenvalue weighted by Crippen LogP contribution is -2.61. The number of carboxylic acids is 1. The fourth-order valence-electron chi connectivity index (χ4n) is 7.70. The van der Waals surface area contributed by atoms with E-state index in [0.29, 0.717) is 18.5 Å². The summed E-state index contributed by atoms with van der Waals surface area (Å²) >= 11 is 0. The predicted molar refractivity (Wildman–Crippen MR) is 299 cm³/mol. The van der Waals surface area contributed by atoms with Crippen molar-refractivity contribution in [1.82, 2.24) is 57.8 Å². The van der Waals surface area contributed by atoms with Crippen LogP contribution in [0.1, 0.15) is 111 Å². The number of nitrogens with zero attached hydrogens (tertiary/aromatic N) is 3. The minimum Gasteiger partial charge on any atom is -0.481 e. The van der Waals surface area contributed by atoms with E-state index in [2.05, 4.69) is 67.8 Å². The number of guanidine groups is 2. The number of aromatic nitrogens is 2. The number of aliphatic hydroxyl groups excluding tert-OH is 1. The third kappa shape index (κ3) is 28.3. The van der Waals surface area contributed by atoms with E-state index in [0.717, 1.165) is 0 Å². The van der Waals surface area contributed by atoms with Gasteiger partial charge in [0.15, 0.2) is 11.9 Å². The zero-order chi connectivity index (χ0) is 62.2. The molecule has 0 spiro atoms. The minimum absolute atomic E-state index is 0.00769. The van der Waals surface area contributed by atoms with Crippen LogP contribution in [0.2, 0.25) is 0 Å². The van der Waals surface area contributed by atoms with E-state index in [1.54, 1.807) is 27.7 Å². The summed E-state index contributed by atoms with van der Waals surface area (Å²) in [6.07, 6.45) is 2.47. The van der Waals surface area contributed by atoms with Gasteiger partial charge in [-0.2, -0.15) is 0 Å². The van der Waals surface area contributed by atoms with Crippen molar-refractivity contribution < 1.29 is 63.0 Å². The number of hydrogen-bond donors (Lipinski definition) is 19. The highest BCUT2D eigenvalue weighted by Crippen LogP contribution is 2.12. The van der Waals surface area contributed by atoms with Gasteiger partial charge in [-0.15, -0.1) is 0 Å². The number of aliphatic carboxylic acids is 1. The minimum atomic E-state index is -1.60. The van der Waals surface area contributed by atoms with Gasteiger partial charge in [0.05, 0.1) is 19.0 Å². The first-order chi connectivity index (χ1) is 38.5. The van der Waals surface area contributed by atoms with Gasteiger partial charge in [-0.25, -0.2) is 4.98 Å². The Morgan fingerprint density at radius 3 is 1.44 bits per heavy atom.